The molecule has 0 radical (unpaired) electrons. The fourth-order valence-corrected chi connectivity index (χ4v) is 1.79. The summed E-state index contributed by atoms with van der Waals surface area (Å²) in [6, 6.07) is 0. The van der Waals surface area contributed by atoms with E-state index in [9.17, 15) is 4.79 Å². The Morgan fingerprint density at radius 1 is 1.47 bits per heavy atom. The lowest BCUT2D eigenvalue weighted by molar-refractivity contribution is -0.149. The van der Waals surface area contributed by atoms with Crippen molar-refractivity contribution in [3.63, 3.8) is 0 Å². The van der Waals surface area contributed by atoms with Crippen LogP contribution in [0.2, 0.25) is 0 Å². The molecule has 0 amide bonds. The summed E-state index contributed by atoms with van der Waals surface area (Å²) in [6.07, 6.45) is 4.06. The number of esters is 1. The molecule has 0 aromatic carbocycles. The van der Waals surface area contributed by atoms with Gasteiger partial charge >= 0.3 is 5.97 Å². The minimum absolute atomic E-state index is 0.134. The third-order valence-electron chi connectivity index (χ3n) is 2.68. The molecule has 0 aliphatic heterocycles. The van der Waals surface area contributed by atoms with Crippen LogP contribution in [0.5, 0.6) is 0 Å². The minimum atomic E-state index is -0.381. The SMILES string of the molecule is CC(C)C1C=C(C(=O)OC(C)(C)C)CC1. The molecule has 0 saturated heterocycles. The van der Waals surface area contributed by atoms with Gasteiger partial charge in [0.2, 0.25) is 0 Å². The van der Waals surface area contributed by atoms with Crippen LogP contribution in [0.4, 0.5) is 0 Å². The number of hydrogen-bond acceptors (Lipinski definition) is 2. The van der Waals surface area contributed by atoms with Gasteiger partial charge in [-0.15, -0.1) is 0 Å². The zero-order chi connectivity index (χ0) is 11.6. The normalized spacial score (nSPS) is 21.7. The molecule has 1 aliphatic rings. The highest BCUT2D eigenvalue weighted by Gasteiger charge is 2.26. The van der Waals surface area contributed by atoms with Gasteiger partial charge in [-0.1, -0.05) is 19.9 Å². The van der Waals surface area contributed by atoms with Gasteiger partial charge in [0.1, 0.15) is 5.60 Å². The Morgan fingerprint density at radius 2 is 2.07 bits per heavy atom. The highest BCUT2D eigenvalue weighted by atomic mass is 16.6. The predicted molar refractivity (Wildman–Crippen MR) is 61.5 cm³/mol. The molecule has 2 heteroatoms. The molecule has 1 atom stereocenters. The third kappa shape index (κ3) is 3.69. The molecule has 0 N–H and O–H groups in total. The van der Waals surface area contributed by atoms with Gasteiger partial charge in [-0.3, -0.25) is 0 Å². The molecular weight excluding hydrogens is 188 g/mol. The van der Waals surface area contributed by atoms with E-state index in [1.165, 1.54) is 0 Å². The zero-order valence-electron chi connectivity index (χ0n) is 10.5. The van der Waals surface area contributed by atoms with Gasteiger partial charge in [0.15, 0.2) is 0 Å². The van der Waals surface area contributed by atoms with Gasteiger partial charge < -0.3 is 4.74 Å². The molecule has 15 heavy (non-hydrogen) atoms. The number of ether oxygens (including phenoxy) is 1. The molecule has 2 nitrogen and oxygen atoms in total. The topological polar surface area (TPSA) is 26.3 Å². The zero-order valence-corrected chi connectivity index (χ0v) is 10.5. The maximum absolute atomic E-state index is 11.7. The van der Waals surface area contributed by atoms with E-state index in [0.29, 0.717) is 11.8 Å². The first kappa shape index (κ1) is 12.3. The first-order chi connectivity index (χ1) is 6.79. The molecule has 1 unspecified atom stereocenters. The molecule has 0 aromatic heterocycles. The number of hydrogen-bond donors (Lipinski definition) is 0. The Bertz CT molecular complexity index is 269. The number of carbonyl (C=O) groups is 1. The van der Waals surface area contributed by atoms with Crippen LogP contribution >= 0.6 is 0 Å². The lowest BCUT2D eigenvalue weighted by Crippen LogP contribution is -2.24. The van der Waals surface area contributed by atoms with E-state index in [1.807, 2.05) is 20.8 Å². The Balaban J connectivity index is 2.59. The molecule has 0 heterocycles. The third-order valence-corrected chi connectivity index (χ3v) is 2.68. The predicted octanol–water partition coefficient (Wildman–Crippen LogP) is 3.32. The maximum Gasteiger partial charge on any atom is 0.334 e. The Labute approximate surface area is 92.7 Å². The lowest BCUT2D eigenvalue weighted by Gasteiger charge is -2.19. The standard InChI is InChI=1S/C13H22O2/c1-9(2)10-6-7-11(8-10)12(14)15-13(3,4)5/h8-10H,6-7H2,1-5H3. The van der Waals surface area contributed by atoms with E-state index in [4.69, 9.17) is 4.74 Å². The van der Waals surface area contributed by atoms with Crippen LogP contribution in [0.15, 0.2) is 11.6 Å². The average molecular weight is 210 g/mol. The Morgan fingerprint density at radius 3 is 2.47 bits per heavy atom. The van der Waals surface area contributed by atoms with Gasteiger partial charge in [-0.25, -0.2) is 4.79 Å². The molecule has 1 rings (SSSR count). The second kappa shape index (κ2) is 4.38. The van der Waals surface area contributed by atoms with Crippen molar-refractivity contribution in [3.8, 4) is 0 Å². The van der Waals surface area contributed by atoms with Crippen LogP contribution in [0.25, 0.3) is 0 Å². The van der Waals surface area contributed by atoms with Crippen molar-refractivity contribution in [2.45, 2.75) is 53.1 Å². The largest absolute Gasteiger partial charge is 0.457 e. The van der Waals surface area contributed by atoms with Crippen molar-refractivity contribution < 1.29 is 9.53 Å². The molecule has 0 spiro atoms. The summed E-state index contributed by atoms with van der Waals surface area (Å²) in [5, 5.41) is 0. The van der Waals surface area contributed by atoms with E-state index in [2.05, 4.69) is 19.9 Å². The fourth-order valence-electron chi connectivity index (χ4n) is 1.79. The monoisotopic (exact) mass is 210 g/mol. The van der Waals surface area contributed by atoms with Gasteiger partial charge in [-0.2, -0.15) is 0 Å². The first-order valence-electron chi connectivity index (χ1n) is 5.73. The minimum Gasteiger partial charge on any atom is -0.457 e. The molecule has 0 saturated carbocycles. The van der Waals surface area contributed by atoms with Crippen molar-refractivity contribution >= 4 is 5.97 Å². The number of allylic oxidation sites excluding steroid dienone is 1. The molecular formula is C13H22O2. The number of carbonyl (C=O) groups excluding carboxylic acids is 1. The summed E-state index contributed by atoms with van der Waals surface area (Å²) in [5.74, 6) is 1.03. The van der Waals surface area contributed by atoms with Crippen LogP contribution in [-0.2, 0) is 9.53 Å². The summed E-state index contributed by atoms with van der Waals surface area (Å²) < 4.78 is 5.34. The molecule has 0 aromatic rings. The summed E-state index contributed by atoms with van der Waals surface area (Å²) >= 11 is 0. The average Bonchev–Trinajstić information content (AvgIpc) is 2.47. The van der Waals surface area contributed by atoms with Gasteiger partial charge in [-0.05, 0) is 45.4 Å². The van der Waals surface area contributed by atoms with Gasteiger partial charge in [0.25, 0.3) is 0 Å². The lowest BCUT2D eigenvalue weighted by atomic mass is 9.96. The highest BCUT2D eigenvalue weighted by Crippen LogP contribution is 2.30. The van der Waals surface area contributed by atoms with E-state index in [-0.39, 0.29) is 11.6 Å². The summed E-state index contributed by atoms with van der Waals surface area (Å²) in [7, 11) is 0. The van der Waals surface area contributed by atoms with Crippen molar-refractivity contribution in [2.24, 2.45) is 11.8 Å². The van der Waals surface area contributed by atoms with Crippen LogP contribution in [0, 0.1) is 11.8 Å². The summed E-state index contributed by atoms with van der Waals surface area (Å²) in [5.41, 5.74) is 0.483. The second-order valence-electron chi connectivity index (χ2n) is 5.64. The molecule has 86 valence electrons. The van der Waals surface area contributed by atoms with E-state index in [0.717, 1.165) is 18.4 Å². The van der Waals surface area contributed by atoms with Crippen molar-refractivity contribution in [1.29, 1.82) is 0 Å². The van der Waals surface area contributed by atoms with Crippen LogP contribution < -0.4 is 0 Å². The first-order valence-corrected chi connectivity index (χ1v) is 5.73. The quantitative estimate of drug-likeness (QED) is 0.653. The maximum atomic E-state index is 11.7. The fraction of sp³-hybridized carbons (Fsp3) is 0.769. The van der Waals surface area contributed by atoms with Crippen molar-refractivity contribution in [3.05, 3.63) is 11.6 Å². The van der Waals surface area contributed by atoms with Gasteiger partial charge in [0.05, 0.1) is 0 Å². The van der Waals surface area contributed by atoms with Crippen LogP contribution in [0.3, 0.4) is 0 Å². The Kier molecular flexibility index (Phi) is 3.58. The summed E-state index contributed by atoms with van der Waals surface area (Å²) in [4.78, 5) is 11.7. The van der Waals surface area contributed by atoms with E-state index >= 15 is 0 Å². The Hall–Kier alpha value is -0.790. The van der Waals surface area contributed by atoms with E-state index in [1.54, 1.807) is 0 Å². The van der Waals surface area contributed by atoms with E-state index < -0.39 is 0 Å². The smallest absolute Gasteiger partial charge is 0.334 e. The van der Waals surface area contributed by atoms with Crippen LogP contribution in [-0.4, -0.2) is 11.6 Å². The van der Waals surface area contributed by atoms with Crippen LogP contribution in [0.1, 0.15) is 47.5 Å². The molecule has 0 fully saturated rings. The second-order valence-corrected chi connectivity index (χ2v) is 5.64. The van der Waals surface area contributed by atoms with Crippen molar-refractivity contribution in [2.75, 3.05) is 0 Å². The van der Waals surface area contributed by atoms with Crippen molar-refractivity contribution in [1.82, 2.24) is 0 Å². The van der Waals surface area contributed by atoms with Gasteiger partial charge in [0, 0.05) is 5.57 Å². The molecule has 0 bridgehead atoms. The summed E-state index contributed by atoms with van der Waals surface area (Å²) in [6.45, 7) is 10.1. The highest BCUT2D eigenvalue weighted by molar-refractivity contribution is 5.89. The molecule has 1 aliphatic carbocycles. The number of rotatable bonds is 2.